The summed E-state index contributed by atoms with van der Waals surface area (Å²) in [5, 5.41) is 6.89. The minimum Gasteiger partial charge on any atom is -0.483 e. The minimum absolute atomic E-state index is 0.250. The maximum Gasteiger partial charge on any atom is 0.290 e. The number of carboxylic acid groups (broad SMARTS) is 1. The molecule has 1 N–H and O–H groups in total. The highest BCUT2D eigenvalue weighted by Crippen LogP contribution is 2.42. The average Bonchev–Trinajstić information content (AvgIpc) is 1.84. The van der Waals surface area contributed by atoms with Crippen molar-refractivity contribution >= 4 is 14.5 Å². The summed E-state index contributed by atoms with van der Waals surface area (Å²) in [4.78, 5) is 8.36. The molecule has 0 bridgehead atoms. The van der Waals surface area contributed by atoms with Gasteiger partial charge in [0.2, 0.25) is 0 Å². The van der Waals surface area contributed by atoms with Crippen LogP contribution in [0.25, 0.3) is 0 Å². The highest BCUT2D eigenvalue weighted by molar-refractivity contribution is 6.78. The van der Waals surface area contributed by atoms with E-state index in [1.165, 1.54) is 18.0 Å². The van der Waals surface area contributed by atoms with E-state index in [0.29, 0.717) is 0 Å². The summed E-state index contributed by atoms with van der Waals surface area (Å²) in [6.07, 6.45) is 4.61. The second kappa shape index (κ2) is 5.35. The number of hydrogen-bond donors (Lipinski definition) is 1. The number of carbonyl (C=O) groups is 1. The molecule has 0 aliphatic heterocycles. The van der Waals surface area contributed by atoms with Crippen molar-refractivity contribution in [3.05, 3.63) is 0 Å². The molecule has 0 saturated heterocycles. The van der Waals surface area contributed by atoms with E-state index in [1.54, 1.807) is 12.8 Å². The van der Waals surface area contributed by atoms with Crippen LogP contribution in [0.4, 0.5) is 0 Å². The van der Waals surface area contributed by atoms with Gasteiger partial charge in [-0.15, -0.1) is 0 Å². The van der Waals surface area contributed by atoms with Crippen LogP contribution in [0, 0.1) is 0 Å². The fraction of sp³-hybridized carbons (Fsp3) is 0.889. The predicted molar refractivity (Wildman–Crippen MR) is 54.3 cm³/mol. The van der Waals surface area contributed by atoms with Gasteiger partial charge in [0.1, 0.15) is 0 Å². The minimum atomic E-state index is -0.694. The molecule has 1 aliphatic carbocycles. The molecule has 0 aromatic rings. The molecule has 0 aromatic carbocycles. The van der Waals surface area contributed by atoms with E-state index in [9.17, 15) is 0 Å². The van der Waals surface area contributed by atoms with Crippen LogP contribution in [0.15, 0.2) is 0 Å². The lowest BCUT2D eigenvalue weighted by molar-refractivity contribution is -0.122. The average molecular weight is 188 g/mol. The smallest absolute Gasteiger partial charge is 0.290 e. The molecule has 1 rings (SSSR count). The summed E-state index contributed by atoms with van der Waals surface area (Å²) >= 11 is 0. The Morgan fingerprint density at radius 1 is 1.50 bits per heavy atom. The largest absolute Gasteiger partial charge is 0.483 e. The van der Waals surface area contributed by atoms with Crippen molar-refractivity contribution in [3.63, 3.8) is 0 Å². The Labute approximate surface area is 76.0 Å². The van der Waals surface area contributed by atoms with Crippen molar-refractivity contribution < 1.29 is 9.90 Å². The van der Waals surface area contributed by atoms with Crippen LogP contribution in [-0.2, 0) is 4.79 Å². The summed E-state index contributed by atoms with van der Waals surface area (Å²) in [6.45, 7) is 7.19. The van der Waals surface area contributed by atoms with E-state index < -0.39 is 8.07 Å². The normalized spacial score (nSPS) is 17.2. The molecule has 3 heteroatoms. The molecule has 1 aliphatic rings. The van der Waals surface area contributed by atoms with Crippen molar-refractivity contribution in [3.8, 4) is 0 Å². The molecule has 0 heterocycles. The zero-order valence-corrected chi connectivity index (χ0v) is 9.34. The van der Waals surface area contributed by atoms with Gasteiger partial charge in [-0.1, -0.05) is 45.3 Å². The highest BCUT2D eigenvalue weighted by Gasteiger charge is 2.33. The third kappa shape index (κ3) is 3.39. The summed E-state index contributed by atoms with van der Waals surface area (Å²) in [5.74, 6) is 0. The second-order valence-electron chi connectivity index (χ2n) is 4.08. The molecule has 72 valence electrons. The SMILES string of the molecule is CC[Si](C)(C)C1CCC1.O=CO. The lowest BCUT2D eigenvalue weighted by Gasteiger charge is -2.38. The van der Waals surface area contributed by atoms with Gasteiger partial charge in [0.15, 0.2) is 0 Å². The summed E-state index contributed by atoms with van der Waals surface area (Å²) in [6, 6.07) is 1.48. The van der Waals surface area contributed by atoms with Crippen molar-refractivity contribution in [1.82, 2.24) is 0 Å². The van der Waals surface area contributed by atoms with E-state index >= 15 is 0 Å². The van der Waals surface area contributed by atoms with Gasteiger partial charge < -0.3 is 5.11 Å². The highest BCUT2D eigenvalue weighted by atomic mass is 28.3. The van der Waals surface area contributed by atoms with Gasteiger partial charge in [-0.25, -0.2) is 0 Å². The molecule has 12 heavy (non-hydrogen) atoms. The van der Waals surface area contributed by atoms with Gasteiger partial charge in [0, 0.05) is 0 Å². The van der Waals surface area contributed by atoms with Gasteiger partial charge in [-0.05, 0) is 5.54 Å². The van der Waals surface area contributed by atoms with E-state index in [1.807, 2.05) is 0 Å². The van der Waals surface area contributed by atoms with Crippen LogP contribution >= 0.6 is 0 Å². The van der Waals surface area contributed by atoms with Crippen molar-refractivity contribution in [2.24, 2.45) is 0 Å². The Morgan fingerprint density at radius 2 is 1.92 bits per heavy atom. The molecule has 0 atom stereocenters. The fourth-order valence-electron chi connectivity index (χ4n) is 1.48. The van der Waals surface area contributed by atoms with Gasteiger partial charge in [-0.3, -0.25) is 4.79 Å². The summed E-state index contributed by atoms with van der Waals surface area (Å²) in [7, 11) is -0.694. The maximum absolute atomic E-state index is 8.36. The molecule has 0 aromatic heterocycles. The number of rotatable bonds is 2. The van der Waals surface area contributed by atoms with Crippen LogP contribution in [0.5, 0.6) is 0 Å². The second-order valence-corrected chi connectivity index (χ2v) is 9.58. The molecule has 1 fully saturated rings. The first-order valence-corrected chi connectivity index (χ1v) is 7.94. The third-order valence-electron chi connectivity index (χ3n) is 3.12. The van der Waals surface area contributed by atoms with Crippen LogP contribution in [0.1, 0.15) is 26.2 Å². The molecule has 0 unspecified atom stereocenters. The first-order chi connectivity index (χ1) is 5.58. The van der Waals surface area contributed by atoms with Crippen molar-refractivity contribution in [2.45, 2.75) is 50.9 Å². The van der Waals surface area contributed by atoms with E-state index in [2.05, 4.69) is 20.0 Å². The van der Waals surface area contributed by atoms with Gasteiger partial charge in [-0.2, -0.15) is 0 Å². The van der Waals surface area contributed by atoms with Crippen LogP contribution < -0.4 is 0 Å². The van der Waals surface area contributed by atoms with E-state index in [-0.39, 0.29) is 6.47 Å². The zero-order valence-electron chi connectivity index (χ0n) is 8.34. The summed E-state index contributed by atoms with van der Waals surface area (Å²) < 4.78 is 0. The maximum atomic E-state index is 8.36. The predicted octanol–water partition coefficient (Wildman–Crippen LogP) is 2.97. The van der Waals surface area contributed by atoms with Crippen molar-refractivity contribution in [2.75, 3.05) is 0 Å². The van der Waals surface area contributed by atoms with Crippen LogP contribution in [0.3, 0.4) is 0 Å². The number of hydrogen-bond acceptors (Lipinski definition) is 1. The zero-order chi connectivity index (χ0) is 9.61. The lowest BCUT2D eigenvalue weighted by Crippen LogP contribution is -2.35. The van der Waals surface area contributed by atoms with Gasteiger partial charge in [0.25, 0.3) is 6.47 Å². The summed E-state index contributed by atoms with van der Waals surface area (Å²) in [5.41, 5.74) is 1.18. The van der Waals surface area contributed by atoms with E-state index in [0.717, 1.165) is 0 Å². The Kier molecular flexibility index (Phi) is 5.21. The topological polar surface area (TPSA) is 37.3 Å². The molecule has 0 amide bonds. The van der Waals surface area contributed by atoms with Gasteiger partial charge in [0.05, 0.1) is 8.07 Å². The van der Waals surface area contributed by atoms with Gasteiger partial charge >= 0.3 is 0 Å². The third-order valence-corrected chi connectivity index (χ3v) is 7.73. The molecular weight excluding hydrogens is 168 g/mol. The Balaban J connectivity index is 0.000000354. The fourth-order valence-corrected chi connectivity index (χ4v) is 4.03. The monoisotopic (exact) mass is 188 g/mol. The van der Waals surface area contributed by atoms with E-state index in [4.69, 9.17) is 9.90 Å². The molecule has 0 radical (unpaired) electrons. The lowest BCUT2D eigenvalue weighted by atomic mass is 10.00. The Morgan fingerprint density at radius 3 is 2.00 bits per heavy atom. The molecule has 0 spiro atoms. The Bertz CT molecular complexity index is 130. The molecular formula is C9H20O2Si. The van der Waals surface area contributed by atoms with Crippen molar-refractivity contribution in [1.29, 1.82) is 0 Å². The molecule has 1 saturated carbocycles. The first kappa shape index (κ1) is 11.7. The van der Waals surface area contributed by atoms with Crippen LogP contribution in [-0.4, -0.2) is 19.7 Å². The standard InChI is InChI=1S/C8H18Si.CH2O2/c1-4-9(2,3)8-6-5-7-8;2-1-3/h8H,4-7H2,1-3H3;1H,(H,2,3). The molecule has 2 nitrogen and oxygen atoms in total. The Hall–Kier alpha value is -0.313. The van der Waals surface area contributed by atoms with Crippen LogP contribution in [0.2, 0.25) is 24.7 Å². The quantitative estimate of drug-likeness (QED) is 0.534. The first-order valence-electron chi connectivity index (χ1n) is 4.66.